The SMILES string of the molecule is COC(=O)C1CC(=O)N(c2c(F)cccc2CO)C1. The molecule has 2 rings (SSSR count). The number of aliphatic hydroxyl groups excluding tert-OH is 1. The van der Waals surface area contributed by atoms with Crippen LogP contribution in [0.25, 0.3) is 0 Å². The third-order valence-electron chi connectivity index (χ3n) is 3.17. The van der Waals surface area contributed by atoms with Crippen molar-refractivity contribution in [3.63, 3.8) is 0 Å². The Kier molecular flexibility index (Phi) is 3.80. The molecular formula is C13H14FNO4. The van der Waals surface area contributed by atoms with E-state index in [1.54, 1.807) is 0 Å². The molecule has 6 heteroatoms. The van der Waals surface area contributed by atoms with Gasteiger partial charge in [0.25, 0.3) is 0 Å². The lowest BCUT2D eigenvalue weighted by molar-refractivity contribution is -0.145. The third kappa shape index (κ3) is 2.44. The summed E-state index contributed by atoms with van der Waals surface area (Å²) in [6, 6.07) is 4.22. The maximum Gasteiger partial charge on any atom is 0.311 e. The van der Waals surface area contributed by atoms with Gasteiger partial charge in [-0.2, -0.15) is 0 Å². The minimum atomic E-state index is -0.594. The van der Waals surface area contributed by atoms with Crippen molar-refractivity contribution in [3.05, 3.63) is 29.6 Å². The van der Waals surface area contributed by atoms with Gasteiger partial charge in [-0.05, 0) is 6.07 Å². The highest BCUT2D eigenvalue weighted by atomic mass is 19.1. The van der Waals surface area contributed by atoms with Gasteiger partial charge in [0.05, 0.1) is 25.3 Å². The molecule has 0 saturated carbocycles. The number of para-hydroxylation sites is 1. The minimum absolute atomic E-state index is 0.00806. The molecule has 102 valence electrons. The van der Waals surface area contributed by atoms with Crippen LogP contribution in [0, 0.1) is 11.7 Å². The zero-order valence-corrected chi connectivity index (χ0v) is 10.4. The number of halogens is 1. The summed E-state index contributed by atoms with van der Waals surface area (Å²) in [6.07, 6.45) is -0.00806. The lowest BCUT2D eigenvalue weighted by Gasteiger charge is -2.20. The maximum absolute atomic E-state index is 13.9. The van der Waals surface area contributed by atoms with Gasteiger partial charge in [0.1, 0.15) is 5.82 Å². The van der Waals surface area contributed by atoms with Crippen molar-refractivity contribution in [3.8, 4) is 0 Å². The number of nitrogens with zero attached hydrogens (tertiary/aromatic N) is 1. The van der Waals surface area contributed by atoms with Gasteiger partial charge in [-0.25, -0.2) is 4.39 Å². The molecule has 1 aliphatic heterocycles. The van der Waals surface area contributed by atoms with Crippen molar-refractivity contribution < 1.29 is 23.8 Å². The van der Waals surface area contributed by atoms with E-state index in [2.05, 4.69) is 4.74 Å². The molecule has 1 aromatic rings. The summed E-state index contributed by atoms with van der Waals surface area (Å²) < 4.78 is 18.4. The molecule has 1 aliphatic rings. The zero-order chi connectivity index (χ0) is 14.0. The number of hydrogen-bond acceptors (Lipinski definition) is 4. The van der Waals surface area contributed by atoms with E-state index in [0.717, 1.165) is 0 Å². The Morgan fingerprint density at radius 1 is 1.58 bits per heavy atom. The zero-order valence-electron chi connectivity index (χ0n) is 10.4. The number of esters is 1. The Balaban J connectivity index is 2.33. The number of rotatable bonds is 3. The summed E-state index contributed by atoms with van der Waals surface area (Å²) in [5, 5.41) is 9.21. The third-order valence-corrected chi connectivity index (χ3v) is 3.17. The van der Waals surface area contributed by atoms with Crippen LogP contribution in [0.5, 0.6) is 0 Å². The number of carbonyl (C=O) groups excluding carboxylic acids is 2. The summed E-state index contributed by atoms with van der Waals surface area (Å²) in [4.78, 5) is 24.5. The second-order valence-electron chi connectivity index (χ2n) is 4.33. The van der Waals surface area contributed by atoms with Crippen LogP contribution in [0.3, 0.4) is 0 Å². The average Bonchev–Trinajstić information content (AvgIpc) is 2.79. The van der Waals surface area contributed by atoms with Crippen molar-refractivity contribution in [1.29, 1.82) is 0 Å². The fraction of sp³-hybridized carbons (Fsp3) is 0.385. The number of ether oxygens (including phenoxy) is 1. The van der Waals surface area contributed by atoms with Crippen LogP contribution < -0.4 is 4.90 Å². The number of amides is 1. The molecule has 1 atom stereocenters. The molecule has 1 aromatic carbocycles. The van der Waals surface area contributed by atoms with Crippen LogP contribution in [0.1, 0.15) is 12.0 Å². The van der Waals surface area contributed by atoms with Crippen LogP contribution in [0.2, 0.25) is 0 Å². The van der Waals surface area contributed by atoms with Gasteiger partial charge < -0.3 is 14.7 Å². The Labute approximate surface area is 109 Å². The monoisotopic (exact) mass is 267 g/mol. The molecule has 1 N–H and O–H groups in total. The van der Waals surface area contributed by atoms with E-state index in [1.165, 1.54) is 30.2 Å². The first-order valence-electron chi connectivity index (χ1n) is 5.85. The number of anilines is 1. The Hall–Kier alpha value is -1.95. The number of hydrogen-bond donors (Lipinski definition) is 1. The Morgan fingerprint density at radius 2 is 2.32 bits per heavy atom. The van der Waals surface area contributed by atoms with E-state index in [0.29, 0.717) is 5.56 Å². The fourth-order valence-electron chi connectivity index (χ4n) is 2.24. The molecule has 0 aliphatic carbocycles. The fourth-order valence-corrected chi connectivity index (χ4v) is 2.24. The normalized spacial score (nSPS) is 18.8. The number of benzene rings is 1. The van der Waals surface area contributed by atoms with Crippen molar-refractivity contribution in [1.82, 2.24) is 0 Å². The van der Waals surface area contributed by atoms with E-state index in [4.69, 9.17) is 0 Å². The van der Waals surface area contributed by atoms with Gasteiger partial charge in [-0.15, -0.1) is 0 Å². The largest absolute Gasteiger partial charge is 0.469 e. The molecule has 0 radical (unpaired) electrons. The summed E-state index contributed by atoms with van der Waals surface area (Å²) in [7, 11) is 1.25. The molecule has 5 nitrogen and oxygen atoms in total. The maximum atomic E-state index is 13.9. The lowest BCUT2D eigenvalue weighted by Crippen LogP contribution is -2.28. The van der Waals surface area contributed by atoms with Gasteiger partial charge in [0.2, 0.25) is 5.91 Å². The molecule has 0 aromatic heterocycles. The first-order chi connectivity index (χ1) is 9.08. The quantitative estimate of drug-likeness (QED) is 0.824. The van der Waals surface area contributed by atoms with E-state index < -0.39 is 17.7 Å². The summed E-state index contributed by atoms with van der Waals surface area (Å²) in [6.45, 7) is -0.306. The van der Waals surface area contributed by atoms with Crippen molar-refractivity contribution in [2.45, 2.75) is 13.0 Å². The molecule has 1 fully saturated rings. The van der Waals surface area contributed by atoms with Crippen LogP contribution in [-0.2, 0) is 20.9 Å². The van der Waals surface area contributed by atoms with Gasteiger partial charge in [0, 0.05) is 18.5 Å². The average molecular weight is 267 g/mol. The Bertz CT molecular complexity index is 517. The van der Waals surface area contributed by atoms with Crippen LogP contribution in [-0.4, -0.2) is 30.6 Å². The first kappa shape index (κ1) is 13.5. The summed E-state index contributed by atoms with van der Waals surface area (Å²) in [5.74, 6) is -2.03. The molecule has 1 unspecified atom stereocenters. The van der Waals surface area contributed by atoms with Crippen LogP contribution >= 0.6 is 0 Å². The van der Waals surface area contributed by atoms with E-state index in [1.807, 2.05) is 0 Å². The number of aliphatic hydroxyl groups is 1. The topological polar surface area (TPSA) is 66.8 Å². The second-order valence-corrected chi connectivity index (χ2v) is 4.33. The van der Waals surface area contributed by atoms with Crippen LogP contribution in [0.15, 0.2) is 18.2 Å². The van der Waals surface area contributed by atoms with Gasteiger partial charge in [-0.1, -0.05) is 12.1 Å². The standard InChI is InChI=1S/C13H14FNO4/c1-19-13(18)9-5-11(17)15(6-9)12-8(7-16)3-2-4-10(12)14/h2-4,9,16H,5-7H2,1H3. The predicted molar refractivity (Wildman–Crippen MR) is 64.8 cm³/mol. The van der Waals surface area contributed by atoms with E-state index in [9.17, 15) is 19.1 Å². The first-order valence-corrected chi connectivity index (χ1v) is 5.85. The highest BCUT2D eigenvalue weighted by molar-refractivity contribution is 6.00. The summed E-state index contributed by atoms with van der Waals surface area (Å²) >= 11 is 0. The highest BCUT2D eigenvalue weighted by Crippen LogP contribution is 2.31. The molecule has 0 bridgehead atoms. The van der Waals surface area contributed by atoms with Crippen molar-refractivity contribution >= 4 is 17.6 Å². The van der Waals surface area contributed by atoms with Crippen molar-refractivity contribution in [2.24, 2.45) is 5.92 Å². The van der Waals surface area contributed by atoms with Gasteiger partial charge >= 0.3 is 5.97 Å². The molecule has 0 spiro atoms. The number of carbonyl (C=O) groups is 2. The lowest BCUT2D eigenvalue weighted by atomic mass is 10.1. The van der Waals surface area contributed by atoms with E-state index >= 15 is 0 Å². The van der Waals surface area contributed by atoms with E-state index in [-0.39, 0.29) is 31.2 Å². The molecule has 1 saturated heterocycles. The van der Waals surface area contributed by atoms with Crippen LogP contribution in [0.4, 0.5) is 10.1 Å². The molecular weight excluding hydrogens is 253 g/mol. The summed E-state index contributed by atoms with van der Waals surface area (Å²) in [5.41, 5.74) is 0.361. The minimum Gasteiger partial charge on any atom is -0.469 e. The van der Waals surface area contributed by atoms with Gasteiger partial charge in [-0.3, -0.25) is 9.59 Å². The predicted octanol–water partition coefficient (Wildman–Crippen LogP) is 0.844. The van der Waals surface area contributed by atoms with Crippen molar-refractivity contribution in [2.75, 3.05) is 18.6 Å². The second kappa shape index (κ2) is 5.36. The molecule has 1 heterocycles. The molecule has 1 amide bonds. The highest BCUT2D eigenvalue weighted by Gasteiger charge is 2.37. The Morgan fingerprint density at radius 3 is 2.95 bits per heavy atom. The molecule has 19 heavy (non-hydrogen) atoms. The van der Waals surface area contributed by atoms with Gasteiger partial charge in [0.15, 0.2) is 0 Å². The number of methoxy groups -OCH3 is 1. The smallest absolute Gasteiger partial charge is 0.311 e.